The fourth-order valence-corrected chi connectivity index (χ4v) is 2.82. The Kier molecular flexibility index (Phi) is 4.74. The summed E-state index contributed by atoms with van der Waals surface area (Å²) in [4.78, 5) is 29.2. The second-order valence-corrected chi connectivity index (χ2v) is 6.01. The van der Waals surface area contributed by atoms with E-state index < -0.39 is 5.69 Å². The summed E-state index contributed by atoms with van der Waals surface area (Å²) in [5, 5.41) is 0. The van der Waals surface area contributed by atoms with E-state index in [1.54, 1.807) is 11.6 Å². The zero-order chi connectivity index (χ0) is 18.0. The number of aryl methyl sites for hydroxylation is 3. The molecule has 0 amide bonds. The van der Waals surface area contributed by atoms with Gasteiger partial charge in [0.25, 0.3) is 11.6 Å². The molecule has 0 bridgehead atoms. The minimum atomic E-state index is -0.396. The van der Waals surface area contributed by atoms with Gasteiger partial charge in [-0.25, -0.2) is 4.79 Å². The lowest BCUT2D eigenvalue weighted by molar-refractivity contribution is 0.279. The second kappa shape index (κ2) is 6.96. The van der Waals surface area contributed by atoms with Crippen LogP contribution in [0.2, 0.25) is 0 Å². The SMILES string of the molecule is CCCOc1nc2c(c(=O)n(C)c(=O)n2C)n1CCc1ccccc1. The molecule has 0 aliphatic rings. The molecule has 0 N–H and O–H groups in total. The lowest BCUT2D eigenvalue weighted by Crippen LogP contribution is -2.37. The molecule has 0 atom stereocenters. The van der Waals surface area contributed by atoms with Gasteiger partial charge in [0.2, 0.25) is 0 Å². The van der Waals surface area contributed by atoms with Gasteiger partial charge in [-0.15, -0.1) is 0 Å². The summed E-state index contributed by atoms with van der Waals surface area (Å²) >= 11 is 0. The topological polar surface area (TPSA) is 71.1 Å². The maximum Gasteiger partial charge on any atom is 0.332 e. The van der Waals surface area contributed by atoms with Crippen LogP contribution in [0.5, 0.6) is 6.01 Å². The summed E-state index contributed by atoms with van der Waals surface area (Å²) < 4.78 is 10.0. The molecule has 2 aromatic heterocycles. The van der Waals surface area contributed by atoms with Gasteiger partial charge in [0, 0.05) is 20.6 Å². The van der Waals surface area contributed by atoms with Gasteiger partial charge in [0.15, 0.2) is 11.2 Å². The van der Waals surface area contributed by atoms with Gasteiger partial charge in [0.05, 0.1) is 6.61 Å². The zero-order valence-corrected chi connectivity index (χ0v) is 14.7. The van der Waals surface area contributed by atoms with Gasteiger partial charge < -0.3 is 4.74 Å². The lowest BCUT2D eigenvalue weighted by atomic mass is 10.1. The van der Waals surface area contributed by atoms with Gasteiger partial charge in [-0.3, -0.25) is 18.5 Å². The minimum Gasteiger partial charge on any atom is -0.465 e. The normalized spacial score (nSPS) is 11.2. The highest BCUT2D eigenvalue weighted by molar-refractivity contribution is 5.71. The average molecular weight is 342 g/mol. The van der Waals surface area contributed by atoms with E-state index in [4.69, 9.17) is 4.74 Å². The fraction of sp³-hybridized carbons (Fsp3) is 0.389. The Bertz CT molecular complexity index is 999. The van der Waals surface area contributed by atoms with E-state index in [9.17, 15) is 9.59 Å². The third-order valence-electron chi connectivity index (χ3n) is 4.22. The largest absolute Gasteiger partial charge is 0.465 e. The molecule has 3 rings (SSSR count). The van der Waals surface area contributed by atoms with Gasteiger partial charge in [-0.2, -0.15) is 4.98 Å². The van der Waals surface area contributed by atoms with E-state index in [2.05, 4.69) is 4.98 Å². The molecule has 0 aliphatic heterocycles. The number of benzene rings is 1. The lowest BCUT2D eigenvalue weighted by Gasteiger charge is -2.10. The number of imidazole rings is 1. The van der Waals surface area contributed by atoms with E-state index in [1.165, 1.54) is 11.6 Å². The first kappa shape index (κ1) is 17.0. The van der Waals surface area contributed by atoms with Crippen LogP contribution in [-0.4, -0.2) is 25.3 Å². The molecule has 3 aromatic rings. The van der Waals surface area contributed by atoms with Crippen LogP contribution in [0.3, 0.4) is 0 Å². The summed E-state index contributed by atoms with van der Waals surface area (Å²) in [5.41, 5.74) is 1.16. The van der Waals surface area contributed by atoms with E-state index in [0.717, 1.165) is 23.0 Å². The van der Waals surface area contributed by atoms with Gasteiger partial charge in [0.1, 0.15) is 0 Å². The Balaban J connectivity index is 2.13. The minimum absolute atomic E-state index is 0.354. The Hall–Kier alpha value is -2.83. The number of hydrogen-bond donors (Lipinski definition) is 0. The monoisotopic (exact) mass is 342 g/mol. The van der Waals surface area contributed by atoms with Crippen molar-refractivity contribution in [1.82, 2.24) is 18.7 Å². The van der Waals surface area contributed by atoms with Gasteiger partial charge in [-0.05, 0) is 18.4 Å². The summed E-state index contributed by atoms with van der Waals surface area (Å²) in [6.07, 6.45) is 1.57. The summed E-state index contributed by atoms with van der Waals surface area (Å²) in [6, 6.07) is 10.4. The average Bonchev–Trinajstić information content (AvgIpc) is 3.00. The van der Waals surface area contributed by atoms with Crippen LogP contribution in [0.25, 0.3) is 11.2 Å². The number of aromatic nitrogens is 4. The molecule has 0 aliphatic carbocycles. The molecule has 0 spiro atoms. The van der Waals surface area contributed by atoms with Crippen LogP contribution in [-0.2, 0) is 27.1 Å². The molecule has 0 fully saturated rings. The number of hydrogen-bond acceptors (Lipinski definition) is 4. The quantitative estimate of drug-likeness (QED) is 0.680. The van der Waals surface area contributed by atoms with Gasteiger partial charge >= 0.3 is 5.69 Å². The standard InChI is InChI=1S/C18H22N4O3/c1-4-12-25-17-19-15-14(16(23)21(3)18(24)20(15)2)22(17)11-10-13-8-6-5-7-9-13/h5-9H,4,10-12H2,1-3H3. The number of fused-ring (bicyclic) bond motifs is 1. The number of ether oxygens (including phenoxy) is 1. The van der Waals surface area contributed by atoms with Crippen LogP contribution >= 0.6 is 0 Å². The Morgan fingerprint density at radius 1 is 1.08 bits per heavy atom. The van der Waals surface area contributed by atoms with Gasteiger partial charge in [-0.1, -0.05) is 37.3 Å². The van der Waals surface area contributed by atoms with Crippen LogP contribution in [0.15, 0.2) is 39.9 Å². The third kappa shape index (κ3) is 3.09. The molecular weight excluding hydrogens is 320 g/mol. The van der Waals surface area contributed by atoms with E-state index in [1.807, 2.05) is 37.3 Å². The van der Waals surface area contributed by atoms with Crippen LogP contribution < -0.4 is 16.0 Å². The maximum atomic E-state index is 12.7. The summed E-state index contributed by atoms with van der Waals surface area (Å²) in [7, 11) is 3.09. The Morgan fingerprint density at radius 2 is 1.80 bits per heavy atom. The van der Waals surface area contributed by atoms with Crippen molar-refractivity contribution in [2.24, 2.45) is 14.1 Å². The van der Waals surface area contributed by atoms with Crippen LogP contribution in [0.4, 0.5) is 0 Å². The molecule has 2 heterocycles. The number of nitrogens with zero attached hydrogens (tertiary/aromatic N) is 4. The van der Waals surface area contributed by atoms with Crippen molar-refractivity contribution < 1.29 is 4.74 Å². The van der Waals surface area contributed by atoms with E-state index in [0.29, 0.717) is 30.3 Å². The van der Waals surface area contributed by atoms with E-state index in [-0.39, 0.29) is 5.56 Å². The molecule has 0 saturated carbocycles. The zero-order valence-electron chi connectivity index (χ0n) is 14.7. The molecule has 7 nitrogen and oxygen atoms in total. The molecular formula is C18H22N4O3. The highest BCUT2D eigenvalue weighted by atomic mass is 16.5. The molecule has 132 valence electrons. The molecule has 0 radical (unpaired) electrons. The predicted octanol–water partition coefficient (Wildman–Crippen LogP) is 1.47. The summed E-state index contributed by atoms with van der Waals surface area (Å²) in [6.45, 7) is 3.06. The van der Waals surface area contributed by atoms with Crippen molar-refractivity contribution in [3.05, 3.63) is 56.7 Å². The highest BCUT2D eigenvalue weighted by Crippen LogP contribution is 2.19. The van der Waals surface area contributed by atoms with Crippen molar-refractivity contribution in [3.63, 3.8) is 0 Å². The second-order valence-electron chi connectivity index (χ2n) is 6.01. The predicted molar refractivity (Wildman–Crippen MR) is 96.1 cm³/mol. The number of rotatable bonds is 6. The molecule has 0 unspecified atom stereocenters. The van der Waals surface area contributed by atoms with Crippen LogP contribution in [0, 0.1) is 0 Å². The first-order valence-corrected chi connectivity index (χ1v) is 8.37. The Morgan fingerprint density at radius 3 is 2.48 bits per heavy atom. The fourth-order valence-electron chi connectivity index (χ4n) is 2.82. The van der Waals surface area contributed by atoms with Crippen LogP contribution in [0.1, 0.15) is 18.9 Å². The van der Waals surface area contributed by atoms with Crippen molar-refractivity contribution in [2.75, 3.05) is 6.61 Å². The molecule has 7 heteroatoms. The molecule has 25 heavy (non-hydrogen) atoms. The van der Waals surface area contributed by atoms with Crippen molar-refractivity contribution in [1.29, 1.82) is 0 Å². The summed E-state index contributed by atoms with van der Waals surface area (Å²) in [5.74, 6) is 0. The van der Waals surface area contributed by atoms with Crippen molar-refractivity contribution in [2.45, 2.75) is 26.3 Å². The van der Waals surface area contributed by atoms with Crippen molar-refractivity contribution in [3.8, 4) is 6.01 Å². The third-order valence-corrected chi connectivity index (χ3v) is 4.22. The smallest absolute Gasteiger partial charge is 0.332 e. The Labute approximate surface area is 145 Å². The van der Waals surface area contributed by atoms with Crippen molar-refractivity contribution >= 4 is 11.2 Å². The first-order chi connectivity index (χ1) is 12.0. The first-order valence-electron chi connectivity index (χ1n) is 8.37. The van der Waals surface area contributed by atoms with E-state index >= 15 is 0 Å². The molecule has 1 aromatic carbocycles. The maximum absolute atomic E-state index is 12.7. The highest BCUT2D eigenvalue weighted by Gasteiger charge is 2.19. The molecule has 0 saturated heterocycles.